The van der Waals surface area contributed by atoms with Crippen molar-refractivity contribution in [2.45, 2.75) is 31.4 Å². The Balaban J connectivity index is 1.25. The van der Waals surface area contributed by atoms with Crippen LogP contribution in [0.15, 0.2) is 30.6 Å². The first-order valence-electron chi connectivity index (χ1n) is 12.1. The summed E-state index contributed by atoms with van der Waals surface area (Å²) in [6, 6.07) is 6.07. The molecule has 4 aromatic heterocycles. The van der Waals surface area contributed by atoms with Crippen LogP contribution in [0.25, 0.3) is 11.2 Å². The highest BCUT2D eigenvalue weighted by atomic mass is 19.3. The fourth-order valence-corrected chi connectivity index (χ4v) is 4.57. The van der Waals surface area contributed by atoms with Gasteiger partial charge in [-0.3, -0.25) is 10.00 Å². The molecule has 0 unspecified atom stereocenters. The number of amides is 2. The normalized spacial score (nSPS) is 16.3. The number of urea groups is 1. The predicted molar refractivity (Wildman–Crippen MR) is 133 cm³/mol. The molecule has 6 rings (SSSR count). The summed E-state index contributed by atoms with van der Waals surface area (Å²) in [7, 11) is 1.65. The lowest BCUT2D eigenvalue weighted by Crippen LogP contribution is -2.54. The molecule has 1 fully saturated rings. The first-order chi connectivity index (χ1) is 18.7. The SMILES string of the molecule is Cn1c(Nc2cc3n(n2)CCCC3(F)F)nc2ncc(Oc3ccnc(NC(=O)N4CC(O)C4)c3)c(C#N)c21. The first kappa shape index (κ1) is 24.5. The van der Waals surface area contributed by atoms with E-state index >= 15 is 0 Å². The van der Waals surface area contributed by atoms with Crippen molar-refractivity contribution in [2.75, 3.05) is 23.7 Å². The number of ether oxygens (including phenoxy) is 1. The zero-order valence-electron chi connectivity index (χ0n) is 20.6. The molecule has 1 saturated heterocycles. The third-order valence-electron chi connectivity index (χ3n) is 6.57. The minimum absolute atomic E-state index is 0.144. The number of rotatable bonds is 5. The number of β-amino-alcohol motifs (C(OH)–C–C–N with tert-alkyl or cyclic N) is 1. The summed E-state index contributed by atoms with van der Waals surface area (Å²) in [6.45, 7) is 0.893. The topological polar surface area (TPSA) is 159 Å². The Kier molecular flexibility index (Phi) is 5.76. The number of pyridine rings is 2. The van der Waals surface area contributed by atoms with Gasteiger partial charge in [0.05, 0.1) is 25.4 Å². The number of aryl methyl sites for hydroxylation is 2. The van der Waals surface area contributed by atoms with Crippen molar-refractivity contribution in [3.63, 3.8) is 0 Å². The minimum atomic E-state index is -2.95. The number of imidazole rings is 1. The zero-order chi connectivity index (χ0) is 27.3. The van der Waals surface area contributed by atoms with Crippen molar-refractivity contribution in [3.05, 3.63) is 41.9 Å². The van der Waals surface area contributed by atoms with Crippen LogP contribution in [0.1, 0.15) is 24.1 Å². The van der Waals surface area contributed by atoms with E-state index in [1.165, 1.54) is 34.1 Å². The molecule has 2 aliphatic heterocycles. The van der Waals surface area contributed by atoms with Gasteiger partial charge in [-0.15, -0.1) is 0 Å². The molecule has 39 heavy (non-hydrogen) atoms. The van der Waals surface area contributed by atoms with E-state index in [2.05, 4.69) is 36.8 Å². The van der Waals surface area contributed by atoms with Crippen LogP contribution < -0.4 is 15.4 Å². The summed E-state index contributed by atoms with van der Waals surface area (Å²) in [5, 5.41) is 29.2. The number of anilines is 3. The van der Waals surface area contributed by atoms with E-state index in [0.29, 0.717) is 24.2 Å². The third kappa shape index (κ3) is 4.44. The molecule has 0 spiro atoms. The summed E-state index contributed by atoms with van der Waals surface area (Å²) >= 11 is 0. The van der Waals surface area contributed by atoms with Gasteiger partial charge in [-0.1, -0.05) is 0 Å². The van der Waals surface area contributed by atoms with E-state index in [9.17, 15) is 23.9 Å². The average Bonchev–Trinajstić information content (AvgIpc) is 3.44. The van der Waals surface area contributed by atoms with Gasteiger partial charge < -0.3 is 24.6 Å². The monoisotopic (exact) mass is 536 g/mol. The summed E-state index contributed by atoms with van der Waals surface area (Å²) in [4.78, 5) is 26.5. The van der Waals surface area contributed by atoms with Crippen molar-refractivity contribution in [1.29, 1.82) is 5.26 Å². The Labute approximate surface area is 219 Å². The number of hydrogen-bond donors (Lipinski definition) is 3. The van der Waals surface area contributed by atoms with Crippen LogP contribution in [0.2, 0.25) is 0 Å². The van der Waals surface area contributed by atoms with E-state index in [1.807, 2.05) is 0 Å². The molecule has 2 amide bonds. The molecule has 0 atom stereocenters. The Morgan fingerprint density at radius 2 is 2.10 bits per heavy atom. The van der Waals surface area contributed by atoms with Crippen LogP contribution in [0.5, 0.6) is 11.5 Å². The summed E-state index contributed by atoms with van der Waals surface area (Å²) in [5.41, 5.74) is 0.607. The lowest BCUT2D eigenvalue weighted by molar-refractivity contribution is -0.0364. The third-order valence-corrected chi connectivity index (χ3v) is 6.57. The second kappa shape index (κ2) is 9.17. The minimum Gasteiger partial charge on any atom is -0.454 e. The number of aliphatic hydroxyl groups is 1. The Hall–Kier alpha value is -4.84. The van der Waals surface area contributed by atoms with Gasteiger partial charge in [-0.05, 0) is 12.5 Å². The number of fused-ring (bicyclic) bond motifs is 2. The van der Waals surface area contributed by atoms with E-state index in [0.717, 1.165) is 0 Å². The number of nitrogens with one attached hydrogen (secondary N) is 2. The van der Waals surface area contributed by atoms with Crippen molar-refractivity contribution in [1.82, 2.24) is 34.2 Å². The Morgan fingerprint density at radius 1 is 1.28 bits per heavy atom. The molecular formula is C24H22F2N10O3. The van der Waals surface area contributed by atoms with Crippen molar-refractivity contribution < 1.29 is 23.4 Å². The van der Waals surface area contributed by atoms with Gasteiger partial charge in [0.15, 0.2) is 17.2 Å². The molecule has 2 aliphatic rings. The number of likely N-dealkylation sites (tertiary alicyclic amines) is 1. The molecule has 15 heteroatoms. The van der Waals surface area contributed by atoms with Gasteiger partial charge in [-0.25, -0.2) is 14.8 Å². The van der Waals surface area contributed by atoms with Crippen LogP contribution in [0.4, 0.5) is 31.2 Å². The van der Waals surface area contributed by atoms with E-state index in [4.69, 9.17) is 4.74 Å². The number of aromatic nitrogens is 6. The number of nitrogens with zero attached hydrogens (tertiary/aromatic N) is 8. The van der Waals surface area contributed by atoms with Crippen LogP contribution in [0.3, 0.4) is 0 Å². The number of carbonyl (C=O) groups excluding carboxylic acids is 1. The molecular weight excluding hydrogens is 514 g/mol. The molecule has 200 valence electrons. The standard InChI is InChI=1S/C24H22F2N10O3/c1-34-20-15(9-27)16(39-14-3-5-28-18(7-14)31-23(38)35-11-13(37)12-35)10-29-21(20)32-22(34)30-19-8-17-24(25,26)4-2-6-36(17)33-19/h3,5,7-8,10,13,37H,2,4,6,11-12H2,1H3,(H,28,31,38)(H,29,30,32,33). The molecule has 0 saturated carbocycles. The van der Waals surface area contributed by atoms with Crippen LogP contribution in [-0.2, 0) is 19.5 Å². The second-order valence-electron chi connectivity index (χ2n) is 9.31. The lowest BCUT2D eigenvalue weighted by atomic mass is 10.1. The van der Waals surface area contributed by atoms with Crippen molar-refractivity contribution in [3.8, 4) is 17.6 Å². The van der Waals surface area contributed by atoms with Crippen molar-refractivity contribution >= 4 is 34.8 Å². The quantitative estimate of drug-likeness (QED) is 0.348. The Morgan fingerprint density at radius 3 is 2.85 bits per heavy atom. The largest absolute Gasteiger partial charge is 0.454 e. The molecule has 0 radical (unpaired) electrons. The number of carbonyl (C=O) groups is 1. The molecule has 13 nitrogen and oxygen atoms in total. The molecule has 0 bridgehead atoms. The van der Waals surface area contributed by atoms with Crippen LogP contribution in [-0.4, -0.2) is 64.5 Å². The van der Waals surface area contributed by atoms with Crippen LogP contribution in [0, 0.1) is 11.3 Å². The van der Waals surface area contributed by atoms with Crippen LogP contribution >= 0.6 is 0 Å². The van der Waals surface area contributed by atoms with E-state index < -0.39 is 18.1 Å². The van der Waals surface area contributed by atoms with E-state index in [-0.39, 0.29) is 59.7 Å². The number of aliphatic hydroxyl groups excluding tert-OH is 1. The van der Waals surface area contributed by atoms with Gasteiger partial charge in [0, 0.05) is 38.3 Å². The summed E-state index contributed by atoms with van der Waals surface area (Å²) < 4.78 is 37.3. The van der Waals surface area contributed by atoms with Gasteiger partial charge in [0.1, 0.15) is 34.4 Å². The van der Waals surface area contributed by atoms with Crippen molar-refractivity contribution in [2.24, 2.45) is 7.05 Å². The van der Waals surface area contributed by atoms with Gasteiger partial charge in [-0.2, -0.15) is 24.1 Å². The fourth-order valence-electron chi connectivity index (χ4n) is 4.57. The second-order valence-corrected chi connectivity index (χ2v) is 9.31. The first-order valence-corrected chi connectivity index (χ1v) is 12.1. The maximum absolute atomic E-state index is 14.3. The molecule has 4 aromatic rings. The molecule has 3 N–H and O–H groups in total. The maximum atomic E-state index is 14.3. The average molecular weight is 537 g/mol. The predicted octanol–water partition coefficient (Wildman–Crippen LogP) is 3.06. The zero-order valence-corrected chi connectivity index (χ0v) is 20.6. The van der Waals surface area contributed by atoms with E-state index in [1.54, 1.807) is 17.7 Å². The maximum Gasteiger partial charge on any atom is 0.323 e. The highest BCUT2D eigenvalue weighted by Crippen LogP contribution is 2.38. The smallest absolute Gasteiger partial charge is 0.323 e. The molecule has 6 heterocycles. The summed E-state index contributed by atoms with van der Waals surface area (Å²) in [5.74, 6) is -1.81. The highest BCUT2D eigenvalue weighted by molar-refractivity contribution is 5.89. The number of alkyl halides is 2. The number of nitriles is 1. The Bertz CT molecular complexity index is 1640. The fraction of sp³-hybridized carbons (Fsp3) is 0.333. The van der Waals surface area contributed by atoms with Gasteiger partial charge in [0.2, 0.25) is 5.95 Å². The molecule has 0 aliphatic carbocycles. The molecule has 0 aromatic carbocycles. The summed E-state index contributed by atoms with van der Waals surface area (Å²) in [6.07, 6.45) is 2.38. The lowest BCUT2D eigenvalue weighted by Gasteiger charge is -2.35. The number of halogens is 2. The van der Waals surface area contributed by atoms with Gasteiger partial charge in [0.25, 0.3) is 5.92 Å². The highest BCUT2D eigenvalue weighted by Gasteiger charge is 2.38. The number of hydrogen-bond acceptors (Lipinski definition) is 9. The van der Waals surface area contributed by atoms with Gasteiger partial charge >= 0.3 is 6.03 Å².